The highest BCUT2D eigenvalue weighted by atomic mass is 16.5. The zero-order valence-corrected chi connectivity index (χ0v) is 12.1. The Balaban J connectivity index is 2.76. The van der Waals surface area contributed by atoms with Gasteiger partial charge in [0.05, 0.1) is 24.6 Å². The number of hydrogen-bond donors (Lipinski definition) is 3. The molecule has 0 saturated carbocycles. The van der Waals surface area contributed by atoms with Gasteiger partial charge in [-0.2, -0.15) is 0 Å². The number of nitrogens with one attached hydrogen (secondary N) is 1. The molecule has 0 fully saturated rings. The summed E-state index contributed by atoms with van der Waals surface area (Å²) in [6, 6.07) is 5.71. The van der Waals surface area contributed by atoms with E-state index in [0.29, 0.717) is 24.0 Å². The number of aliphatic hydroxyl groups excluding tert-OH is 1. The van der Waals surface area contributed by atoms with Crippen LogP contribution in [0.1, 0.15) is 33.6 Å². The maximum Gasteiger partial charge on any atom is 0.144 e. The smallest absolute Gasteiger partial charge is 0.144 e. The predicted octanol–water partition coefficient (Wildman–Crippen LogP) is 2.88. The van der Waals surface area contributed by atoms with Crippen LogP contribution in [-0.2, 0) is 0 Å². The molecule has 0 spiro atoms. The number of ether oxygens (including phenoxy) is 1. The zero-order chi connectivity index (χ0) is 14.3. The topological polar surface area (TPSA) is 67.5 Å². The third-order valence-corrected chi connectivity index (χ3v) is 2.86. The minimum Gasteiger partial charge on any atom is -0.491 e. The van der Waals surface area contributed by atoms with Gasteiger partial charge in [-0.3, -0.25) is 0 Å². The first-order valence-corrected chi connectivity index (χ1v) is 6.97. The third-order valence-electron chi connectivity index (χ3n) is 2.86. The summed E-state index contributed by atoms with van der Waals surface area (Å²) < 4.78 is 5.60. The molecular formula is C15H26N2O2. The van der Waals surface area contributed by atoms with E-state index in [9.17, 15) is 5.11 Å². The van der Waals surface area contributed by atoms with Crippen molar-refractivity contribution in [1.82, 2.24) is 0 Å². The Morgan fingerprint density at radius 3 is 2.68 bits per heavy atom. The molecular weight excluding hydrogens is 240 g/mol. The highest BCUT2D eigenvalue weighted by Gasteiger charge is 2.12. The Hall–Kier alpha value is -1.42. The van der Waals surface area contributed by atoms with Crippen LogP contribution >= 0.6 is 0 Å². The van der Waals surface area contributed by atoms with Crippen LogP contribution in [0.2, 0.25) is 0 Å². The second-order valence-corrected chi connectivity index (χ2v) is 5.22. The molecule has 19 heavy (non-hydrogen) atoms. The Morgan fingerprint density at radius 1 is 1.37 bits per heavy atom. The van der Waals surface area contributed by atoms with Gasteiger partial charge in [0.2, 0.25) is 0 Å². The van der Waals surface area contributed by atoms with E-state index in [1.807, 2.05) is 18.2 Å². The van der Waals surface area contributed by atoms with Crippen LogP contribution in [0.4, 0.5) is 11.4 Å². The molecule has 0 saturated heterocycles. The van der Waals surface area contributed by atoms with Crippen molar-refractivity contribution in [3.63, 3.8) is 0 Å². The van der Waals surface area contributed by atoms with Crippen molar-refractivity contribution in [2.24, 2.45) is 5.92 Å². The molecule has 0 amide bonds. The molecule has 0 aliphatic heterocycles. The van der Waals surface area contributed by atoms with Crippen LogP contribution < -0.4 is 15.8 Å². The molecule has 1 aromatic rings. The summed E-state index contributed by atoms with van der Waals surface area (Å²) in [5, 5.41) is 12.7. The van der Waals surface area contributed by atoms with E-state index in [4.69, 9.17) is 10.5 Å². The lowest BCUT2D eigenvalue weighted by atomic mass is 10.0. The van der Waals surface area contributed by atoms with E-state index < -0.39 is 0 Å². The maximum absolute atomic E-state index is 9.40. The first-order chi connectivity index (χ1) is 9.08. The average molecular weight is 266 g/mol. The second kappa shape index (κ2) is 7.89. The van der Waals surface area contributed by atoms with E-state index in [0.717, 1.165) is 18.5 Å². The van der Waals surface area contributed by atoms with Crippen molar-refractivity contribution in [3.05, 3.63) is 18.2 Å². The standard InChI is InChI=1S/C15H26N2O2/c1-4-8-19-14-7-5-6-13(15(14)16)17-12(10-18)9-11(2)3/h5-7,11-12,17-18H,4,8-10,16H2,1-3H3. The molecule has 0 aromatic heterocycles. The fourth-order valence-electron chi connectivity index (χ4n) is 1.98. The van der Waals surface area contributed by atoms with E-state index >= 15 is 0 Å². The molecule has 4 heteroatoms. The van der Waals surface area contributed by atoms with Crippen LogP contribution in [0.3, 0.4) is 0 Å². The Labute approximate surface area is 116 Å². The van der Waals surface area contributed by atoms with Gasteiger partial charge in [-0.15, -0.1) is 0 Å². The molecule has 0 aliphatic carbocycles. The van der Waals surface area contributed by atoms with E-state index in [-0.39, 0.29) is 12.6 Å². The highest BCUT2D eigenvalue weighted by molar-refractivity contribution is 5.73. The molecule has 4 nitrogen and oxygen atoms in total. The van der Waals surface area contributed by atoms with Gasteiger partial charge < -0.3 is 20.9 Å². The lowest BCUT2D eigenvalue weighted by Crippen LogP contribution is -2.26. The van der Waals surface area contributed by atoms with Crippen molar-refractivity contribution in [2.75, 3.05) is 24.3 Å². The van der Waals surface area contributed by atoms with E-state index in [2.05, 4.69) is 26.1 Å². The third kappa shape index (κ3) is 4.99. The van der Waals surface area contributed by atoms with Gasteiger partial charge in [-0.25, -0.2) is 0 Å². The molecule has 108 valence electrons. The fourth-order valence-corrected chi connectivity index (χ4v) is 1.98. The van der Waals surface area contributed by atoms with E-state index in [1.54, 1.807) is 0 Å². The summed E-state index contributed by atoms with van der Waals surface area (Å²) in [4.78, 5) is 0. The quantitative estimate of drug-likeness (QED) is 0.633. The van der Waals surface area contributed by atoms with Gasteiger partial charge in [-0.05, 0) is 30.9 Å². The molecule has 0 radical (unpaired) electrons. The number of hydrogen-bond acceptors (Lipinski definition) is 4. The molecule has 0 heterocycles. The van der Waals surface area contributed by atoms with Crippen LogP contribution in [0.5, 0.6) is 5.75 Å². The molecule has 1 unspecified atom stereocenters. The minimum absolute atomic E-state index is 0.0173. The summed E-state index contributed by atoms with van der Waals surface area (Å²) in [6.07, 6.45) is 1.85. The minimum atomic E-state index is 0.0173. The van der Waals surface area contributed by atoms with Crippen LogP contribution in [0.15, 0.2) is 18.2 Å². The lowest BCUT2D eigenvalue weighted by molar-refractivity contribution is 0.259. The summed E-state index contributed by atoms with van der Waals surface area (Å²) in [7, 11) is 0. The summed E-state index contributed by atoms with van der Waals surface area (Å²) in [5.41, 5.74) is 7.53. The van der Waals surface area contributed by atoms with Gasteiger partial charge >= 0.3 is 0 Å². The maximum atomic E-state index is 9.40. The Kier molecular flexibility index (Phi) is 6.50. The summed E-state index contributed by atoms with van der Waals surface area (Å²) in [5.74, 6) is 1.22. The van der Waals surface area contributed by atoms with Gasteiger partial charge in [0, 0.05) is 6.04 Å². The Bertz CT molecular complexity index is 380. The average Bonchev–Trinajstić information content (AvgIpc) is 2.38. The number of nitrogen functional groups attached to an aromatic ring is 1. The van der Waals surface area contributed by atoms with Crippen LogP contribution in [-0.4, -0.2) is 24.4 Å². The van der Waals surface area contributed by atoms with Gasteiger partial charge in [-0.1, -0.05) is 26.8 Å². The Morgan fingerprint density at radius 2 is 2.11 bits per heavy atom. The van der Waals surface area contributed by atoms with Crippen molar-refractivity contribution < 1.29 is 9.84 Å². The molecule has 0 aliphatic rings. The lowest BCUT2D eigenvalue weighted by Gasteiger charge is -2.21. The van der Waals surface area contributed by atoms with Crippen molar-refractivity contribution in [1.29, 1.82) is 0 Å². The molecule has 0 bridgehead atoms. The second-order valence-electron chi connectivity index (χ2n) is 5.22. The fraction of sp³-hybridized carbons (Fsp3) is 0.600. The number of anilines is 2. The van der Waals surface area contributed by atoms with Crippen LogP contribution in [0.25, 0.3) is 0 Å². The van der Waals surface area contributed by atoms with Gasteiger partial charge in [0.25, 0.3) is 0 Å². The number of nitrogens with two attached hydrogens (primary N) is 1. The monoisotopic (exact) mass is 266 g/mol. The summed E-state index contributed by atoms with van der Waals surface area (Å²) >= 11 is 0. The largest absolute Gasteiger partial charge is 0.491 e. The first-order valence-electron chi connectivity index (χ1n) is 6.97. The van der Waals surface area contributed by atoms with Gasteiger partial charge in [0.15, 0.2) is 0 Å². The first kappa shape index (κ1) is 15.6. The zero-order valence-electron chi connectivity index (χ0n) is 12.1. The number of benzene rings is 1. The van der Waals surface area contributed by atoms with Crippen LogP contribution in [0, 0.1) is 5.92 Å². The SMILES string of the molecule is CCCOc1cccc(NC(CO)CC(C)C)c1N. The molecule has 1 rings (SSSR count). The predicted molar refractivity (Wildman–Crippen MR) is 80.6 cm³/mol. The van der Waals surface area contributed by atoms with Crippen molar-refractivity contribution in [3.8, 4) is 5.75 Å². The number of aliphatic hydroxyl groups is 1. The molecule has 1 aromatic carbocycles. The molecule has 4 N–H and O–H groups in total. The number of para-hydroxylation sites is 1. The normalized spacial score (nSPS) is 12.5. The highest BCUT2D eigenvalue weighted by Crippen LogP contribution is 2.30. The summed E-state index contributed by atoms with van der Waals surface area (Å²) in [6.45, 7) is 7.08. The van der Waals surface area contributed by atoms with E-state index in [1.165, 1.54) is 0 Å². The molecule has 1 atom stereocenters. The number of rotatable bonds is 8. The van der Waals surface area contributed by atoms with Crippen molar-refractivity contribution >= 4 is 11.4 Å². The van der Waals surface area contributed by atoms with Crippen molar-refractivity contribution in [2.45, 2.75) is 39.7 Å². The van der Waals surface area contributed by atoms with Gasteiger partial charge in [0.1, 0.15) is 5.75 Å².